The summed E-state index contributed by atoms with van der Waals surface area (Å²) in [5.74, 6) is 3.05. The molecule has 4 saturated carbocycles. The molecule has 0 aromatic rings. The summed E-state index contributed by atoms with van der Waals surface area (Å²) in [6.45, 7) is 7.11. The number of aliphatic hydroxyl groups excluding tert-OH is 1. The normalized spacial score (nSPS) is 49.1. The Balaban J connectivity index is 1.53. The summed E-state index contributed by atoms with van der Waals surface area (Å²) in [4.78, 5) is 23.4. The Labute approximate surface area is 169 Å². The van der Waals surface area contributed by atoms with Crippen molar-refractivity contribution in [2.24, 2.45) is 46.3 Å². The molecule has 0 aromatic carbocycles. The molecular weight excluding hydrogens is 352 g/mol. The number of ketones is 1. The van der Waals surface area contributed by atoms with Gasteiger partial charge in [-0.25, -0.2) is 0 Å². The number of fused-ring (bicyclic) bond motifs is 5. The van der Waals surface area contributed by atoms with E-state index in [9.17, 15) is 14.7 Å². The number of aliphatic hydroxyl groups is 1. The predicted octanol–water partition coefficient (Wildman–Crippen LogP) is 4.69. The van der Waals surface area contributed by atoms with Crippen LogP contribution in [0.4, 0.5) is 0 Å². The molecule has 0 saturated heterocycles. The molecule has 0 heterocycles. The summed E-state index contributed by atoms with van der Waals surface area (Å²) in [6.07, 6.45) is 8.95. The van der Waals surface area contributed by atoms with E-state index in [1.165, 1.54) is 32.1 Å². The maximum atomic E-state index is 12.4. The summed E-state index contributed by atoms with van der Waals surface area (Å²) in [7, 11) is 0. The SMILES string of the molecule is C[C@H](CCC(=O)O)[C@H]1CC[C@H]2[C@@H]3CC[C@@H]4C[C@H](O)C(=O)C[C@]4(C)[C@H]3CC[C@]12C. The van der Waals surface area contributed by atoms with Gasteiger partial charge in [-0.15, -0.1) is 0 Å². The van der Waals surface area contributed by atoms with E-state index in [0.29, 0.717) is 47.8 Å². The molecule has 0 spiro atoms. The van der Waals surface area contributed by atoms with E-state index in [2.05, 4.69) is 20.8 Å². The first kappa shape index (κ1) is 20.4. The first-order valence-corrected chi connectivity index (χ1v) is 11.6. The second-order valence-corrected chi connectivity index (χ2v) is 11.2. The van der Waals surface area contributed by atoms with Gasteiger partial charge in [-0.05, 0) is 97.7 Å². The molecule has 9 atom stereocenters. The van der Waals surface area contributed by atoms with Crippen LogP contribution in [0.15, 0.2) is 0 Å². The van der Waals surface area contributed by atoms with Crippen LogP contribution >= 0.6 is 0 Å². The van der Waals surface area contributed by atoms with Crippen LogP contribution in [0.25, 0.3) is 0 Å². The Kier molecular flexibility index (Phi) is 5.17. The number of carbonyl (C=O) groups is 2. The molecule has 158 valence electrons. The molecule has 4 heteroatoms. The number of hydrogen-bond acceptors (Lipinski definition) is 3. The number of carboxylic acid groups (broad SMARTS) is 1. The van der Waals surface area contributed by atoms with Crippen LogP contribution in [-0.2, 0) is 9.59 Å². The lowest BCUT2D eigenvalue weighted by Crippen LogP contribution is -2.56. The van der Waals surface area contributed by atoms with Crippen LogP contribution in [-0.4, -0.2) is 28.1 Å². The molecule has 0 aromatic heterocycles. The van der Waals surface area contributed by atoms with E-state index in [4.69, 9.17) is 5.11 Å². The number of carbonyl (C=O) groups excluding carboxylic acids is 1. The zero-order valence-electron chi connectivity index (χ0n) is 17.8. The zero-order chi connectivity index (χ0) is 20.3. The van der Waals surface area contributed by atoms with E-state index in [-0.39, 0.29) is 17.6 Å². The van der Waals surface area contributed by atoms with Gasteiger partial charge in [0.1, 0.15) is 6.10 Å². The molecule has 0 bridgehead atoms. The second-order valence-electron chi connectivity index (χ2n) is 11.2. The van der Waals surface area contributed by atoms with Crippen molar-refractivity contribution < 1.29 is 19.8 Å². The van der Waals surface area contributed by atoms with Gasteiger partial charge in [0, 0.05) is 12.8 Å². The van der Waals surface area contributed by atoms with Crippen molar-refractivity contribution in [2.75, 3.05) is 0 Å². The van der Waals surface area contributed by atoms with Crippen molar-refractivity contribution in [3.8, 4) is 0 Å². The van der Waals surface area contributed by atoms with Crippen molar-refractivity contribution in [2.45, 2.75) is 91.1 Å². The molecule has 4 fully saturated rings. The Bertz CT molecular complexity index is 645. The predicted molar refractivity (Wildman–Crippen MR) is 108 cm³/mol. The Morgan fingerprint density at radius 1 is 1.11 bits per heavy atom. The number of aliphatic carboxylic acids is 1. The monoisotopic (exact) mass is 390 g/mol. The van der Waals surface area contributed by atoms with Crippen LogP contribution < -0.4 is 0 Å². The third kappa shape index (κ3) is 3.05. The second kappa shape index (κ2) is 7.11. The first-order chi connectivity index (χ1) is 13.2. The summed E-state index contributed by atoms with van der Waals surface area (Å²) in [5.41, 5.74) is 0.411. The van der Waals surface area contributed by atoms with Crippen molar-refractivity contribution in [1.82, 2.24) is 0 Å². The van der Waals surface area contributed by atoms with Gasteiger partial charge in [-0.2, -0.15) is 0 Å². The van der Waals surface area contributed by atoms with E-state index >= 15 is 0 Å². The van der Waals surface area contributed by atoms with Crippen LogP contribution in [0.5, 0.6) is 0 Å². The van der Waals surface area contributed by atoms with E-state index in [1.54, 1.807) is 0 Å². The smallest absolute Gasteiger partial charge is 0.303 e. The van der Waals surface area contributed by atoms with Gasteiger partial charge in [-0.3, -0.25) is 9.59 Å². The van der Waals surface area contributed by atoms with Crippen molar-refractivity contribution in [1.29, 1.82) is 0 Å². The summed E-state index contributed by atoms with van der Waals surface area (Å²) in [5, 5.41) is 19.2. The molecule has 0 aliphatic heterocycles. The average molecular weight is 391 g/mol. The van der Waals surface area contributed by atoms with Gasteiger partial charge in [0.2, 0.25) is 0 Å². The number of hydrogen-bond donors (Lipinski definition) is 2. The molecule has 0 radical (unpaired) electrons. The number of carboxylic acids is 1. The lowest BCUT2D eigenvalue weighted by atomic mass is 9.44. The highest BCUT2D eigenvalue weighted by atomic mass is 16.4. The van der Waals surface area contributed by atoms with E-state index in [1.807, 2.05) is 0 Å². The lowest BCUT2D eigenvalue weighted by molar-refractivity contribution is -0.155. The summed E-state index contributed by atoms with van der Waals surface area (Å²) < 4.78 is 0. The minimum absolute atomic E-state index is 0.0688. The fourth-order valence-electron chi connectivity index (χ4n) is 8.62. The van der Waals surface area contributed by atoms with Crippen molar-refractivity contribution >= 4 is 11.8 Å². The Morgan fingerprint density at radius 2 is 1.82 bits per heavy atom. The molecule has 4 nitrogen and oxygen atoms in total. The Morgan fingerprint density at radius 3 is 2.54 bits per heavy atom. The van der Waals surface area contributed by atoms with Crippen LogP contribution in [0, 0.1) is 46.3 Å². The lowest BCUT2D eigenvalue weighted by Gasteiger charge is -2.60. The average Bonchev–Trinajstić information content (AvgIpc) is 2.98. The van der Waals surface area contributed by atoms with Gasteiger partial charge < -0.3 is 10.2 Å². The molecule has 28 heavy (non-hydrogen) atoms. The highest BCUT2D eigenvalue weighted by molar-refractivity contribution is 5.84. The minimum atomic E-state index is -0.727. The number of Topliss-reactive ketones (excluding diaryl/α,β-unsaturated/α-hetero) is 1. The molecule has 2 N–H and O–H groups in total. The van der Waals surface area contributed by atoms with Gasteiger partial charge in [0.05, 0.1) is 0 Å². The molecule has 4 aliphatic carbocycles. The fourth-order valence-corrected chi connectivity index (χ4v) is 8.62. The fraction of sp³-hybridized carbons (Fsp3) is 0.917. The van der Waals surface area contributed by atoms with E-state index < -0.39 is 12.1 Å². The third-order valence-corrected chi connectivity index (χ3v) is 10.1. The molecule has 0 unspecified atom stereocenters. The van der Waals surface area contributed by atoms with Crippen LogP contribution in [0.1, 0.15) is 85.0 Å². The first-order valence-electron chi connectivity index (χ1n) is 11.6. The van der Waals surface area contributed by atoms with Gasteiger partial charge >= 0.3 is 5.97 Å². The molecule has 0 amide bonds. The van der Waals surface area contributed by atoms with E-state index in [0.717, 1.165) is 18.8 Å². The van der Waals surface area contributed by atoms with Gasteiger partial charge in [-0.1, -0.05) is 20.8 Å². The van der Waals surface area contributed by atoms with Gasteiger partial charge in [0.25, 0.3) is 0 Å². The highest BCUT2D eigenvalue weighted by Crippen LogP contribution is 2.68. The van der Waals surface area contributed by atoms with Gasteiger partial charge in [0.15, 0.2) is 5.78 Å². The summed E-state index contributed by atoms with van der Waals surface area (Å²) in [6, 6.07) is 0. The molecule has 4 aliphatic rings. The van der Waals surface area contributed by atoms with Crippen LogP contribution in [0.2, 0.25) is 0 Å². The standard InChI is InChI=1S/C24H38O4/c1-14(4-9-22(27)28)17-7-8-18-16-6-5-15-12-20(25)21(26)13-24(15,3)19(16)10-11-23(17,18)2/h14-20,25H,4-13H2,1-3H3,(H,27,28)/t14-,15-,16+,17-,18+,19+,20+,23-,24+/m1/s1. The molecular formula is C24H38O4. The maximum Gasteiger partial charge on any atom is 0.303 e. The number of rotatable bonds is 4. The summed E-state index contributed by atoms with van der Waals surface area (Å²) >= 11 is 0. The zero-order valence-corrected chi connectivity index (χ0v) is 17.8. The quantitative estimate of drug-likeness (QED) is 0.730. The maximum absolute atomic E-state index is 12.4. The topological polar surface area (TPSA) is 74.6 Å². The minimum Gasteiger partial charge on any atom is -0.481 e. The molecule has 4 rings (SSSR count). The highest BCUT2D eigenvalue weighted by Gasteiger charge is 2.61. The van der Waals surface area contributed by atoms with Crippen LogP contribution in [0.3, 0.4) is 0 Å². The van der Waals surface area contributed by atoms with Crippen molar-refractivity contribution in [3.63, 3.8) is 0 Å². The Hall–Kier alpha value is -0.900. The largest absolute Gasteiger partial charge is 0.481 e. The van der Waals surface area contributed by atoms with Crippen molar-refractivity contribution in [3.05, 3.63) is 0 Å². The third-order valence-electron chi connectivity index (χ3n) is 10.1.